The Labute approximate surface area is 212 Å². The minimum Gasteiger partial charge on any atom is -0.335 e. The average Bonchev–Trinajstić information content (AvgIpc) is 2.87. The van der Waals surface area contributed by atoms with E-state index in [9.17, 15) is 9.59 Å². The number of amides is 2. The first-order valence-corrected chi connectivity index (χ1v) is 13.2. The molecule has 0 bridgehead atoms. The molecule has 1 atom stereocenters. The number of fused-ring (bicyclic) bond motifs is 1. The van der Waals surface area contributed by atoms with Crippen LogP contribution in [-0.4, -0.2) is 33.1 Å². The number of rotatable bonds is 8. The highest BCUT2D eigenvalue weighted by molar-refractivity contribution is 6.32. The van der Waals surface area contributed by atoms with Crippen molar-refractivity contribution in [2.75, 3.05) is 6.54 Å². The van der Waals surface area contributed by atoms with Gasteiger partial charge in [0.2, 0.25) is 0 Å². The van der Waals surface area contributed by atoms with E-state index in [1.54, 1.807) is 16.7 Å². The fourth-order valence-electron chi connectivity index (χ4n) is 4.94. The molecule has 0 spiro atoms. The number of nitrogens with one attached hydrogen (secondary N) is 1. The van der Waals surface area contributed by atoms with Gasteiger partial charge in [-0.1, -0.05) is 74.9 Å². The molecule has 1 heterocycles. The van der Waals surface area contributed by atoms with Gasteiger partial charge in [-0.05, 0) is 50.5 Å². The predicted octanol–water partition coefficient (Wildman–Crippen LogP) is 6.63. The summed E-state index contributed by atoms with van der Waals surface area (Å²) >= 11 is 6.55. The molecule has 1 N–H and O–H groups in total. The fourth-order valence-corrected chi connectivity index (χ4v) is 5.16. The maximum Gasteiger partial charge on any atom is 0.318 e. The molecule has 1 fully saturated rings. The highest BCUT2D eigenvalue weighted by Crippen LogP contribution is 2.27. The number of halogens is 1. The van der Waals surface area contributed by atoms with Gasteiger partial charge in [-0.25, -0.2) is 9.78 Å². The van der Waals surface area contributed by atoms with E-state index in [2.05, 4.69) is 12.2 Å². The summed E-state index contributed by atoms with van der Waals surface area (Å²) in [5.41, 5.74) is 0.996. The third-order valence-corrected chi connectivity index (χ3v) is 7.25. The SMILES string of the molecule is CCCCCN(C(=O)NC1CCCCC1)C(C)c1nc2ccccc2c(=O)n1-c1ccccc1Cl. The number of para-hydroxylation sites is 2. The topological polar surface area (TPSA) is 67.2 Å². The molecule has 0 radical (unpaired) electrons. The number of urea groups is 1. The van der Waals surface area contributed by atoms with Crippen molar-refractivity contribution in [1.29, 1.82) is 0 Å². The predicted molar refractivity (Wildman–Crippen MR) is 142 cm³/mol. The Balaban J connectivity index is 1.79. The molecular formula is C28H35ClN4O2. The molecule has 1 unspecified atom stereocenters. The number of benzene rings is 2. The molecule has 4 rings (SSSR count). The van der Waals surface area contributed by atoms with Gasteiger partial charge in [0.15, 0.2) is 0 Å². The minimum absolute atomic E-state index is 0.0892. The zero-order chi connectivity index (χ0) is 24.8. The van der Waals surface area contributed by atoms with Crippen LogP contribution in [0.2, 0.25) is 5.02 Å². The Hall–Kier alpha value is -2.86. The van der Waals surface area contributed by atoms with E-state index in [0.29, 0.717) is 34.0 Å². The van der Waals surface area contributed by atoms with Crippen LogP contribution in [0.4, 0.5) is 4.79 Å². The molecule has 0 saturated heterocycles. The van der Waals surface area contributed by atoms with Crippen molar-refractivity contribution in [2.24, 2.45) is 0 Å². The van der Waals surface area contributed by atoms with Gasteiger partial charge < -0.3 is 10.2 Å². The van der Waals surface area contributed by atoms with Gasteiger partial charge >= 0.3 is 6.03 Å². The molecule has 7 heteroatoms. The molecule has 1 aliphatic carbocycles. The first-order valence-electron chi connectivity index (χ1n) is 12.8. The number of aromatic nitrogens is 2. The van der Waals surface area contributed by atoms with Gasteiger partial charge in [-0.3, -0.25) is 9.36 Å². The molecule has 1 saturated carbocycles. The van der Waals surface area contributed by atoms with Gasteiger partial charge in [-0.2, -0.15) is 0 Å². The molecule has 3 aromatic rings. The van der Waals surface area contributed by atoms with E-state index in [1.165, 1.54) is 6.42 Å². The Bertz CT molecular complexity index is 1220. The maximum absolute atomic E-state index is 13.7. The third-order valence-electron chi connectivity index (χ3n) is 6.93. The number of hydrogen-bond acceptors (Lipinski definition) is 3. The first-order chi connectivity index (χ1) is 17.0. The molecule has 1 aliphatic rings. The van der Waals surface area contributed by atoms with E-state index >= 15 is 0 Å². The highest BCUT2D eigenvalue weighted by Gasteiger charge is 2.28. The summed E-state index contributed by atoms with van der Waals surface area (Å²) in [6.45, 7) is 4.70. The number of carbonyl (C=O) groups is 1. The summed E-state index contributed by atoms with van der Waals surface area (Å²) < 4.78 is 1.58. The molecular weight excluding hydrogens is 460 g/mol. The van der Waals surface area contributed by atoms with E-state index < -0.39 is 6.04 Å². The number of unbranched alkanes of at least 4 members (excludes halogenated alkanes) is 2. The lowest BCUT2D eigenvalue weighted by molar-refractivity contribution is 0.167. The lowest BCUT2D eigenvalue weighted by Gasteiger charge is -2.33. The molecule has 1 aromatic heterocycles. The second kappa shape index (κ2) is 11.7. The summed E-state index contributed by atoms with van der Waals surface area (Å²) in [6, 6.07) is 14.3. The number of nitrogens with zero attached hydrogens (tertiary/aromatic N) is 3. The average molecular weight is 495 g/mol. The van der Waals surface area contributed by atoms with Crippen LogP contribution in [0.15, 0.2) is 53.3 Å². The van der Waals surface area contributed by atoms with Gasteiger partial charge in [0, 0.05) is 12.6 Å². The van der Waals surface area contributed by atoms with Crippen LogP contribution in [0, 0.1) is 0 Å². The van der Waals surface area contributed by atoms with Crippen molar-refractivity contribution >= 4 is 28.5 Å². The van der Waals surface area contributed by atoms with Crippen molar-refractivity contribution < 1.29 is 4.79 Å². The monoisotopic (exact) mass is 494 g/mol. The van der Waals surface area contributed by atoms with E-state index in [0.717, 1.165) is 44.9 Å². The van der Waals surface area contributed by atoms with Crippen molar-refractivity contribution in [3.8, 4) is 5.69 Å². The first kappa shape index (κ1) is 25.2. The zero-order valence-corrected chi connectivity index (χ0v) is 21.4. The standard InChI is InChI=1S/C28H35ClN4O2/c1-3-4-12-19-32(28(35)30-21-13-6-5-7-14-21)20(2)26-31-24-17-10-8-15-22(24)27(34)33(26)25-18-11-9-16-23(25)29/h8-11,15-18,20-21H,3-7,12-14,19H2,1-2H3,(H,30,35). The van der Waals surface area contributed by atoms with Gasteiger partial charge in [-0.15, -0.1) is 0 Å². The zero-order valence-electron chi connectivity index (χ0n) is 20.7. The Morgan fingerprint density at radius 3 is 2.57 bits per heavy atom. The van der Waals surface area contributed by atoms with Gasteiger partial charge in [0.25, 0.3) is 5.56 Å². The highest BCUT2D eigenvalue weighted by atomic mass is 35.5. The summed E-state index contributed by atoms with van der Waals surface area (Å²) in [7, 11) is 0. The lowest BCUT2D eigenvalue weighted by Crippen LogP contribution is -2.47. The van der Waals surface area contributed by atoms with Crippen LogP contribution in [0.5, 0.6) is 0 Å². The van der Waals surface area contributed by atoms with Gasteiger partial charge in [0.05, 0.1) is 27.7 Å². The van der Waals surface area contributed by atoms with E-state index in [1.807, 2.05) is 48.2 Å². The second-order valence-corrected chi connectivity index (χ2v) is 9.85. The van der Waals surface area contributed by atoms with Crippen LogP contribution in [0.25, 0.3) is 16.6 Å². The summed E-state index contributed by atoms with van der Waals surface area (Å²) in [6.07, 6.45) is 8.54. The molecule has 0 aliphatic heterocycles. The van der Waals surface area contributed by atoms with Crippen LogP contribution >= 0.6 is 11.6 Å². The van der Waals surface area contributed by atoms with Crippen LogP contribution in [-0.2, 0) is 0 Å². The van der Waals surface area contributed by atoms with Gasteiger partial charge in [0.1, 0.15) is 5.82 Å². The largest absolute Gasteiger partial charge is 0.335 e. The normalized spacial score (nSPS) is 15.2. The van der Waals surface area contributed by atoms with Crippen molar-refractivity contribution in [2.45, 2.75) is 77.3 Å². The smallest absolute Gasteiger partial charge is 0.318 e. The van der Waals surface area contributed by atoms with Crippen LogP contribution in [0.3, 0.4) is 0 Å². The van der Waals surface area contributed by atoms with E-state index in [4.69, 9.17) is 16.6 Å². The third kappa shape index (κ3) is 5.69. The molecule has 6 nitrogen and oxygen atoms in total. The Morgan fingerprint density at radius 2 is 1.83 bits per heavy atom. The number of hydrogen-bond donors (Lipinski definition) is 1. The fraction of sp³-hybridized carbons (Fsp3) is 0.464. The van der Waals surface area contributed by atoms with Crippen molar-refractivity contribution in [3.05, 3.63) is 69.7 Å². The van der Waals surface area contributed by atoms with Crippen molar-refractivity contribution in [3.63, 3.8) is 0 Å². The number of carbonyl (C=O) groups excluding carboxylic acids is 1. The summed E-state index contributed by atoms with van der Waals surface area (Å²) in [5, 5.41) is 4.25. The maximum atomic E-state index is 13.7. The van der Waals surface area contributed by atoms with E-state index in [-0.39, 0.29) is 17.6 Å². The molecule has 186 valence electrons. The summed E-state index contributed by atoms with van der Waals surface area (Å²) in [5.74, 6) is 0.511. The molecule has 2 amide bonds. The lowest BCUT2D eigenvalue weighted by atomic mass is 9.96. The second-order valence-electron chi connectivity index (χ2n) is 9.44. The summed E-state index contributed by atoms with van der Waals surface area (Å²) in [4.78, 5) is 34.0. The van der Waals surface area contributed by atoms with Crippen LogP contribution < -0.4 is 10.9 Å². The Kier molecular flexibility index (Phi) is 8.45. The van der Waals surface area contributed by atoms with Crippen LogP contribution in [0.1, 0.15) is 77.1 Å². The Morgan fingerprint density at radius 1 is 1.11 bits per heavy atom. The molecule has 2 aromatic carbocycles. The van der Waals surface area contributed by atoms with Crippen molar-refractivity contribution in [1.82, 2.24) is 19.8 Å². The minimum atomic E-state index is -0.427. The molecule has 35 heavy (non-hydrogen) atoms. The quantitative estimate of drug-likeness (QED) is 0.357.